The molecule has 0 aromatic rings. The smallest absolute Gasteiger partial charge is 0.0657 e. The second-order valence-corrected chi connectivity index (χ2v) is 6.10. The second kappa shape index (κ2) is 5.00. The van der Waals surface area contributed by atoms with E-state index in [0.29, 0.717) is 5.41 Å². The molecule has 2 aliphatic rings. The van der Waals surface area contributed by atoms with Gasteiger partial charge < -0.3 is 4.74 Å². The molecule has 2 heterocycles. The first-order valence-corrected chi connectivity index (χ1v) is 6.91. The van der Waals surface area contributed by atoms with E-state index >= 15 is 0 Å². The van der Waals surface area contributed by atoms with Crippen LogP contribution in [0.5, 0.6) is 0 Å². The average molecular weight is 235 g/mol. The predicted molar refractivity (Wildman–Crippen MR) is 70.8 cm³/mol. The van der Waals surface area contributed by atoms with E-state index in [1.54, 1.807) is 0 Å². The number of likely N-dealkylation sites (tertiary alicyclic amines) is 1. The van der Waals surface area contributed by atoms with Crippen LogP contribution in [0.3, 0.4) is 0 Å². The van der Waals surface area contributed by atoms with Gasteiger partial charge in [0.15, 0.2) is 0 Å². The van der Waals surface area contributed by atoms with Crippen LogP contribution in [-0.4, -0.2) is 36.7 Å². The van der Waals surface area contributed by atoms with Gasteiger partial charge in [0.05, 0.1) is 12.1 Å². The highest BCUT2D eigenvalue weighted by Crippen LogP contribution is 2.45. The van der Waals surface area contributed by atoms with Gasteiger partial charge in [0.1, 0.15) is 0 Å². The van der Waals surface area contributed by atoms with E-state index in [2.05, 4.69) is 24.7 Å². The second-order valence-electron chi connectivity index (χ2n) is 6.10. The molecule has 1 spiro atoms. The maximum absolute atomic E-state index is 5.98. The molecule has 96 valence electrons. The number of hydrogen-bond acceptors (Lipinski definition) is 2. The molecule has 17 heavy (non-hydrogen) atoms. The van der Waals surface area contributed by atoms with Crippen LogP contribution in [0.4, 0.5) is 0 Å². The summed E-state index contributed by atoms with van der Waals surface area (Å²) in [5.74, 6) is 2.79. The lowest BCUT2D eigenvalue weighted by molar-refractivity contribution is -0.132. The zero-order chi connectivity index (χ0) is 12.4. The molecule has 0 N–H and O–H groups in total. The van der Waals surface area contributed by atoms with E-state index in [1.807, 2.05) is 0 Å². The molecule has 2 atom stereocenters. The fourth-order valence-corrected chi connectivity index (χ4v) is 3.60. The van der Waals surface area contributed by atoms with Crippen molar-refractivity contribution in [3.63, 3.8) is 0 Å². The lowest BCUT2D eigenvalue weighted by atomic mass is 9.68. The Morgan fingerprint density at radius 1 is 1.41 bits per heavy atom. The third-order valence-electron chi connectivity index (χ3n) is 4.64. The topological polar surface area (TPSA) is 12.5 Å². The third-order valence-corrected chi connectivity index (χ3v) is 4.64. The molecule has 2 fully saturated rings. The molecule has 2 heteroatoms. The molecular formula is C15H25NO. The van der Waals surface area contributed by atoms with Gasteiger partial charge in [0.2, 0.25) is 0 Å². The lowest BCUT2D eigenvalue weighted by Crippen LogP contribution is -2.51. The van der Waals surface area contributed by atoms with Crippen LogP contribution >= 0.6 is 0 Å². The number of rotatable bonds is 2. The van der Waals surface area contributed by atoms with Crippen LogP contribution < -0.4 is 0 Å². The third kappa shape index (κ3) is 2.84. The van der Waals surface area contributed by atoms with Crippen molar-refractivity contribution in [1.29, 1.82) is 0 Å². The number of hydrogen-bond donors (Lipinski definition) is 0. The normalized spacial score (nSPS) is 39.1. The molecule has 0 aliphatic carbocycles. The van der Waals surface area contributed by atoms with Crippen LogP contribution in [0.25, 0.3) is 0 Å². The van der Waals surface area contributed by atoms with Gasteiger partial charge in [-0.25, -0.2) is 0 Å². The summed E-state index contributed by atoms with van der Waals surface area (Å²) in [6.45, 7) is 8.60. The molecule has 2 nitrogen and oxygen atoms in total. The van der Waals surface area contributed by atoms with E-state index in [4.69, 9.17) is 11.2 Å². The summed E-state index contributed by atoms with van der Waals surface area (Å²) in [5, 5.41) is 0. The minimum atomic E-state index is 0.0946. The Kier molecular flexibility index (Phi) is 3.80. The first-order chi connectivity index (χ1) is 8.11. The van der Waals surface area contributed by atoms with Crippen LogP contribution in [0.2, 0.25) is 0 Å². The fraction of sp³-hybridized carbons (Fsp3) is 0.867. The zero-order valence-corrected chi connectivity index (χ0v) is 11.3. The summed E-state index contributed by atoms with van der Waals surface area (Å²) in [7, 11) is 0. The molecule has 2 rings (SSSR count). The first-order valence-electron chi connectivity index (χ1n) is 6.91. The highest BCUT2D eigenvalue weighted by Gasteiger charge is 2.44. The molecule has 0 unspecified atom stereocenters. The molecule has 2 aliphatic heterocycles. The van der Waals surface area contributed by atoms with Gasteiger partial charge in [0.25, 0.3) is 0 Å². The lowest BCUT2D eigenvalue weighted by Gasteiger charge is -2.50. The number of terminal acetylenes is 1. The van der Waals surface area contributed by atoms with Crippen LogP contribution in [-0.2, 0) is 4.74 Å². The average Bonchev–Trinajstić information content (AvgIpc) is 2.29. The summed E-state index contributed by atoms with van der Waals surface area (Å²) in [5.41, 5.74) is 0.565. The Morgan fingerprint density at radius 2 is 2.24 bits per heavy atom. The van der Waals surface area contributed by atoms with Crippen molar-refractivity contribution in [3.8, 4) is 12.3 Å². The van der Waals surface area contributed by atoms with Crippen molar-refractivity contribution in [3.05, 3.63) is 0 Å². The van der Waals surface area contributed by atoms with Gasteiger partial charge in [-0.3, -0.25) is 4.90 Å². The van der Waals surface area contributed by atoms with Crippen LogP contribution in [0.15, 0.2) is 0 Å². The molecule has 0 aromatic carbocycles. The summed E-state index contributed by atoms with van der Waals surface area (Å²) in [4.78, 5) is 2.45. The molecule has 2 saturated heterocycles. The summed E-state index contributed by atoms with van der Waals surface area (Å²) in [6, 6.07) is 0. The summed E-state index contributed by atoms with van der Waals surface area (Å²) in [6.07, 6.45) is 11.6. The molecule has 0 aromatic heterocycles. The Hall–Kier alpha value is -0.520. The van der Waals surface area contributed by atoms with Crippen molar-refractivity contribution < 1.29 is 4.74 Å². The van der Waals surface area contributed by atoms with E-state index in [-0.39, 0.29) is 5.60 Å². The quantitative estimate of drug-likeness (QED) is 0.682. The van der Waals surface area contributed by atoms with Crippen molar-refractivity contribution in [1.82, 2.24) is 4.90 Å². The highest BCUT2D eigenvalue weighted by atomic mass is 16.5. The Balaban J connectivity index is 2.05. The summed E-state index contributed by atoms with van der Waals surface area (Å²) < 4.78 is 5.98. The van der Waals surface area contributed by atoms with Gasteiger partial charge in [-0.05, 0) is 51.0 Å². The Labute approximate surface area is 106 Å². The summed E-state index contributed by atoms with van der Waals surface area (Å²) >= 11 is 0. The molecule has 0 bridgehead atoms. The van der Waals surface area contributed by atoms with Crippen molar-refractivity contribution in [2.75, 3.05) is 26.2 Å². The van der Waals surface area contributed by atoms with Crippen LogP contribution in [0, 0.1) is 17.8 Å². The van der Waals surface area contributed by atoms with Crippen molar-refractivity contribution >= 4 is 0 Å². The number of ether oxygens (including phenoxy) is 1. The molecular weight excluding hydrogens is 210 g/mol. The van der Waals surface area contributed by atoms with Gasteiger partial charge in [0, 0.05) is 13.2 Å². The maximum atomic E-state index is 5.98. The van der Waals surface area contributed by atoms with Gasteiger partial charge in [-0.15, -0.1) is 6.42 Å². The van der Waals surface area contributed by atoms with E-state index in [0.717, 1.165) is 19.6 Å². The standard InChI is InChI=1S/C15H25NO/c1-4-9-16-10-6-7-15(13-16)8-11-17-14(3,5-2)12-15/h1H,5-13H2,2-3H3/t14-,15+/m1/s1. The Morgan fingerprint density at radius 3 is 2.94 bits per heavy atom. The minimum absolute atomic E-state index is 0.0946. The first kappa shape index (κ1) is 12.9. The molecule has 0 radical (unpaired) electrons. The maximum Gasteiger partial charge on any atom is 0.0657 e. The number of piperidine rings is 1. The minimum Gasteiger partial charge on any atom is -0.375 e. The van der Waals surface area contributed by atoms with Crippen LogP contribution in [0.1, 0.15) is 46.0 Å². The van der Waals surface area contributed by atoms with E-state index in [1.165, 1.54) is 38.8 Å². The van der Waals surface area contributed by atoms with E-state index < -0.39 is 0 Å². The van der Waals surface area contributed by atoms with Crippen molar-refractivity contribution in [2.45, 2.75) is 51.6 Å². The molecule has 0 saturated carbocycles. The predicted octanol–water partition coefficient (Wildman–Crippen LogP) is 2.68. The van der Waals surface area contributed by atoms with Gasteiger partial charge >= 0.3 is 0 Å². The monoisotopic (exact) mass is 235 g/mol. The zero-order valence-electron chi connectivity index (χ0n) is 11.3. The molecule has 0 amide bonds. The fourth-order valence-electron chi connectivity index (χ4n) is 3.60. The SMILES string of the molecule is C#CCN1CCC[C@@]2(CCO[C@](C)(CC)C2)C1. The van der Waals surface area contributed by atoms with Gasteiger partial charge in [-0.1, -0.05) is 12.8 Å². The Bertz CT molecular complexity index is 305. The largest absolute Gasteiger partial charge is 0.375 e. The number of nitrogens with zero attached hydrogens (tertiary/aromatic N) is 1. The van der Waals surface area contributed by atoms with E-state index in [9.17, 15) is 0 Å². The highest BCUT2D eigenvalue weighted by molar-refractivity contribution is 4.98. The van der Waals surface area contributed by atoms with Gasteiger partial charge in [-0.2, -0.15) is 0 Å². The van der Waals surface area contributed by atoms with Crippen molar-refractivity contribution in [2.24, 2.45) is 5.41 Å².